The third-order valence-corrected chi connectivity index (χ3v) is 4.29. The first kappa shape index (κ1) is 17.2. The second-order valence-corrected chi connectivity index (χ2v) is 6.13. The first-order chi connectivity index (χ1) is 12.1. The molecular formula is C19H20ClN5. The second kappa shape index (κ2) is 7.49. The average Bonchev–Trinajstić information content (AvgIpc) is 2.63. The van der Waals surface area contributed by atoms with E-state index in [2.05, 4.69) is 25.6 Å². The van der Waals surface area contributed by atoms with Crippen molar-refractivity contribution in [2.45, 2.75) is 20.8 Å². The minimum Gasteiger partial charge on any atom is -0.354 e. The van der Waals surface area contributed by atoms with Crippen LogP contribution < -0.4 is 10.6 Å². The number of nitrogens with zero attached hydrogens (tertiary/aromatic N) is 3. The number of anilines is 3. The molecule has 1 aromatic carbocycles. The molecule has 0 fully saturated rings. The summed E-state index contributed by atoms with van der Waals surface area (Å²) in [4.78, 5) is 13.3. The number of rotatable bonds is 5. The number of hydrogen-bond acceptors (Lipinski definition) is 5. The summed E-state index contributed by atoms with van der Waals surface area (Å²) in [5.74, 6) is 1.28. The predicted molar refractivity (Wildman–Crippen MR) is 104 cm³/mol. The molecule has 2 N–H and O–H groups in total. The molecule has 0 radical (unpaired) electrons. The van der Waals surface area contributed by atoms with Gasteiger partial charge in [0.2, 0.25) is 5.95 Å². The van der Waals surface area contributed by atoms with E-state index < -0.39 is 0 Å². The van der Waals surface area contributed by atoms with Gasteiger partial charge in [-0.3, -0.25) is 4.98 Å². The van der Waals surface area contributed by atoms with Crippen LogP contribution in [-0.4, -0.2) is 21.5 Å². The molecule has 2 heterocycles. The van der Waals surface area contributed by atoms with Gasteiger partial charge >= 0.3 is 0 Å². The quantitative estimate of drug-likeness (QED) is 0.677. The van der Waals surface area contributed by atoms with Gasteiger partial charge in [-0.15, -0.1) is 0 Å². The van der Waals surface area contributed by atoms with Crippen molar-refractivity contribution < 1.29 is 0 Å². The molecule has 2 aromatic heterocycles. The van der Waals surface area contributed by atoms with E-state index in [-0.39, 0.29) is 0 Å². The molecule has 0 aliphatic carbocycles. The van der Waals surface area contributed by atoms with Crippen molar-refractivity contribution in [1.29, 1.82) is 0 Å². The summed E-state index contributed by atoms with van der Waals surface area (Å²) < 4.78 is 0. The van der Waals surface area contributed by atoms with Crippen molar-refractivity contribution in [1.82, 2.24) is 15.0 Å². The van der Waals surface area contributed by atoms with Crippen LogP contribution in [0.2, 0.25) is 5.02 Å². The van der Waals surface area contributed by atoms with Crippen molar-refractivity contribution in [3.05, 3.63) is 58.9 Å². The maximum Gasteiger partial charge on any atom is 0.225 e. The van der Waals surface area contributed by atoms with Crippen LogP contribution in [0.5, 0.6) is 0 Å². The van der Waals surface area contributed by atoms with Crippen molar-refractivity contribution in [3.8, 4) is 11.3 Å². The maximum absolute atomic E-state index is 6.27. The molecule has 0 saturated heterocycles. The van der Waals surface area contributed by atoms with Gasteiger partial charge in [0, 0.05) is 41.3 Å². The SMILES string of the molecule is CCNc1nc(Nc2c(C)ccc(Cl)c2C)cc(-c2cccnc2)n1. The summed E-state index contributed by atoms with van der Waals surface area (Å²) in [5, 5.41) is 7.29. The monoisotopic (exact) mass is 353 g/mol. The molecule has 128 valence electrons. The summed E-state index contributed by atoms with van der Waals surface area (Å²) in [6.45, 7) is 6.79. The fourth-order valence-electron chi connectivity index (χ4n) is 2.55. The van der Waals surface area contributed by atoms with Gasteiger partial charge in [-0.1, -0.05) is 17.7 Å². The highest BCUT2D eigenvalue weighted by molar-refractivity contribution is 6.31. The summed E-state index contributed by atoms with van der Waals surface area (Å²) in [6.07, 6.45) is 3.53. The largest absolute Gasteiger partial charge is 0.354 e. The highest BCUT2D eigenvalue weighted by atomic mass is 35.5. The summed E-state index contributed by atoms with van der Waals surface area (Å²) in [7, 11) is 0. The summed E-state index contributed by atoms with van der Waals surface area (Å²) in [6, 6.07) is 9.68. The van der Waals surface area contributed by atoms with Crippen LogP contribution in [0, 0.1) is 13.8 Å². The zero-order valence-electron chi connectivity index (χ0n) is 14.5. The molecule has 25 heavy (non-hydrogen) atoms. The van der Waals surface area contributed by atoms with E-state index in [0.29, 0.717) is 11.8 Å². The summed E-state index contributed by atoms with van der Waals surface area (Å²) >= 11 is 6.27. The van der Waals surface area contributed by atoms with E-state index in [1.165, 1.54) is 0 Å². The van der Waals surface area contributed by atoms with Crippen molar-refractivity contribution in [3.63, 3.8) is 0 Å². The fraction of sp³-hybridized carbons (Fsp3) is 0.211. The Kier molecular flexibility index (Phi) is 5.14. The number of benzene rings is 1. The second-order valence-electron chi connectivity index (χ2n) is 5.72. The van der Waals surface area contributed by atoms with Gasteiger partial charge in [0.1, 0.15) is 5.82 Å². The lowest BCUT2D eigenvalue weighted by molar-refractivity contribution is 1.09. The molecule has 3 rings (SSSR count). The first-order valence-electron chi connectivity index (χ1n) is 8.14. The third kappa shape index (κ3) is 3.88. The van der Waals surface area contributed by atoms with E-state index in [9.17, 15) is 0 Å². The molecule has 0 atom stereocenters. The van der Waals surface area contributed by atoms with Crippen LogP contribution in [0.15, 0.2) is 42.7 Å². The molecule has 0 aliphatic rings. The maximum atomic E-state index is 6.27. The van der Waals surface area contributed by atoms with Gasteiger partial charge in [-0.25, -0.2) is 4.98 Å². The molecule has 0 saturated carbocycles. The Labute approximate surface area is 152 Å². The Morgan fingerprint density at radius 1 is 1.12 bits per heavy atom. The van der Waals surface area contributed by atoms with Crippen LogP contribution in [0.25, 0.3) is 11.3 Å². The van der Waals surface area contributed by atoms with Crippen molar-refractivity contribution >= 4 is 29.1 Å². The molecule has 0 unspecified atom stereocenters. The highest BCUT2D eigenvalue weighted by Gasteiger charge is 2.11. The third-order valence-electron chi connectivity index (χ3n) is 3.88. The number of aryl methyl sites for hydroxylation is 1. The molecule has 0 spiro atoms. The minimum atomic E-state index is 0.573. The Balaban J connectivity index is 2.04. The number of nitrogens with one attached hydrogen (secondary N) is 2. The Bertz CT molecular complexity index is 880. The minimum absolute atomic E-state index is 0.573. The molecule has 3 aromatic rings. The van der Waals surface area contributed by atoms with Crippen LogP contribution in [0.1, 0.15) is 18.1 Å². The fourth-order valence-corrected chi connectivity index (χ4v) is 2.71. The molecule has 5 nitrogen and oxygen atoms in total. The number of hydrogen-bond donors (Lipinski definition) is 2. The van der Waals surface area contributed by atoms with Crippen LogP contribution in [0.3, 0.4) is 0 Å². The smallest absolute Gasteiger partial charge is 0.225 e. The van der Waals surface area contributed by atoms with Crippen molar-refractivity contribution in [2.75, 3.05) is 17.2 Å². The number of halogens is 1. The van der Waals surface area contributed by atoms with Gasteiger partial charge in [0.05, 0.1) is 5.69 Å². The Morgan fingerprint density at radius 2 is 1.96 bits per heavy atom. The van der Waals surface area contributed by atoms with E-state index in [0.717, 1.165) is 39.6 Å². The highest BCUT2D eigenvalue weighted by Crippen LogP contribution is 2.30. The van der Waals surface area contributed by atoms with Crippen LogP contribution >= 0.6 is 11.6 Å². The summed E-state index contributed by atoms with van der Waals surface area (Å²) in [5.41, 5.74) is 4.80. The first-order valence-corrected chi connectivity index (χ1v) is 8.52. The topological polar surface area (TPSA) is 62.7 Å². The van der Waals surface area contributed by atoms with Gasteiger partial charge in [0.15, 0.2) is 0 Å². The average molecular weight is 354 g/mol. The van der Waals surface area contributed by atoms with E-state index in [1.807, 2.05) is 51.1 Å². The standard InChI is InChI=1S/C19H20ClN5/c1-4-22-19-23-16(14-6-5-9-21-11-14)10-17(25-19)24-18-12(2)7-8-15(20)13(18)3/h5-11H,4H2,1-3H3,(H2,22,23,24,25). The molecule has 6 heteroatoms. The number of aromatic nitrogens is 3. The lowest BCUT2D eigenvalue weighted by Crippen LogP contribution is -2.06. The molecule has 0 aliphatic heterocycles. The van der Waals surface area contributed by atoms with Gasteiger partial charge in [-0.05, 0) is 50.1 Å². The normalized spacial score (nSPS) is 10.6. The Morgan fingerprint density at radius 3 is 2.68 bits per heavy atom. The van der Waals surface area contributed by atoms with Crippen molar-refractivity contribution in [2.24, 2.45) is 0 Å². The number of pyridine rings is 1. The zero-order valence-corrected chi connectivity index (χ0v) is 15.2. The van der Waals surface area contributed by atoms with E-state index >= 15 is 0 Å². The lowest BCUT2D eigenvalue weighted by Gasteiger charge is -2.15. The zero-order chi connectivity index (χ0) is 17.8. The molecular weight excluding hydrogens is 334 g/mol. The van der Waals surface area contributed by atoms with Gasteiger partial charge < -0.3 is 10.6 Å². The van der Waals surface area contributed by atoms with E-state index in [1.54, 1.807) is 12.4 Å². The lowest BCUT2D eigenvalue weighted by atomic mass is 10.1. The van der Waals surface area contributed by atoms with Crippen LogP contribution in [0.4, 0.5) is 17.5 Å². The van der Waals surface area contributed by atoms with Crippen LogP contribution in [-0.2, 0) is 0 Å². The molecule has 0 amide bonds. The van der Waals surface area contributed by atoms with Gasteiger partial charge in [0.25, 0.3) is 0 Å². The Hall–Kier alpha value is -2.66. The van der Waals surface area contributed by atoms with E-state index in [4.69, 9.17) is 11.6 Å². The molecule has 0 bridgehead atoms. The predicted octanol–water partition coefficient (Wildman–Crippen LogP) is 4.98. The van der Waals surface area contributed by atoms with Gasteiger partial charge in [-0.2, -0.15) is 4.98 Å².